The summed E-state index contributed by atoms with van der Waals surface area (Å²) in [6.07, 6.45) is 2.36. The third kappa shape index (κ3) is 3.59. The maximum atomic E-state index is 12.7. The van der Waals surface area contributed by atoms with Crippen LogP contribution in [0.5, 0.6) is 0 Å². The predicted octanol–water partition coefficient (Wildman–Crippen LogP) is 3.45. The molecular weight excluding hydrogens is 324 g/mol. The maximum absolute atomic E-state index is 12.7. The van der Waals surface area contributed by atoms with Gasteiger partial charge in [0.05, 0.1) is 0 Å². The van der Waals surface area contributed by atoms with Crippen LogP contribution in [0.15, 0.2) is 24.3 Å². The van der Waals surface area contributed by atoms with Gasteiger partial charge in [-0.2, -0.15) is 0 Å². The smallest absolute Gasteiger partial charge is 0.253 e. The number of rotatable bonds is 3. The highest BCUT2D eigenvalue weighted by Crippen LogP contribution is 2.32. The quantitative estimate of drug-likeness (QED) is 0.839. The summed E-state index contributed by atoms with van der Waals surface area (Å²) in [5.74, 6) is 1.18. The van der Waals surface area contributed by atoms with Crippen molar-refractivity contribution in [3.63, 3.8) is 0 Å². The normalized spacial score (nSPS) is 24.2. The molecule has 0 bridgehead atoms. The zero-order chi connectivity index (χ0) is 17.3. The van der Waals surface area contributed by atoms with Crippen LogP contribution in [0.1, 0.15) is 43.5 Å². The Balaban J connectivity index is 1.70. The van der Waals surface area contributed by atoms with Crippen LogP contribution in [0.4, 0.5) is 0 Å². The average molecular weight is 349 g/mol. The first-order valence-electron chi connectivity index (χ1n) is 8.80. The van der Waals surface area contributed by atoms with E-state index in [-0.39, 0.29) is 17.9 Å². The van der Waals surface area contributed by atoms with Gasteiger partial charge in [0.15, 0.2) is 0 Å². The topological polar surface area (TPSA) is 40.6 Å². The second-order valence-corrected chi connectivity index (χ2v) is 7.79. The van der Waals surface area contributed by atoms with E-state index in [2.05, 4.69) is 18.7 Å². The summed E-state index contributed by atoms with van der Waals surface area (Å²) in [6.45, 7) is 6.55. The lowest BCUT2D eigenvalue weighted by molar-refractivity contribution is -0.141. The van der Waals surface area contributed by atoms with E-state index < -0.39 is 0 Å². The van der Waals surface area contributed by atoms with Crippen molar-refractivity contribution in [1.29, 1.82) is 0 Å². The number of halogens is 1. The summed E-state index contributed by atoms with van der Waals surface area (Å²) in [6, 6.07) is 7.42. The maximum Gasteiger partial charge on any atom is 0.253 e. The number of hydrogen-bond acceptors (Lipinski definition) is 2. The summed E-state index contributed by atoms with van der Waals surface area (Å²) < 4.78 is 0. The number of benzene rings is 1. The summed E-state index contributed by atoms with van der Waals surface area (Å²) in [5, 5.41) is 0.585. The molecule has 0 saturated carbocycles. The summed E-state index contributed by atoms with van der Waals surface area (Å²) in [4.78, 5) is 29.0. The van der Waals surface area contributed by atoms with Crippen LogP contribution in [0, 0.1) is 11.8 Å². The van der Waals surface area contributed by atoms with Gasteiger partial charge in [-0.05, 0) is 42.9 Å². The number of fused-ring (bicyclic) bond motifs is 1. The SMILES string of the molecule is CC(C)CN1C(=O)CC[C@H]2CN(C(=O)c3cccc(Cl)c3)CC[C@H]21. The van der Waals surface area contributed by atoms with E-state index >= 15 is 0 Å². The lowest BCUT2D eigenvalue weighted by atomic mass is 9.83. The molecule has 0 aliphatic carbocycles. The third-order valence-corrected chi connectivity index (χ3v) is 5.30. The number of carbonyl (C=O) groups excluding carboxylic acids is 2. The van der Waals surface area contributed by atoms with Gasteiger partial charge in [-0.15, -0.1) is 0 Å². The first kappa shape index (κ1) is 17.3. The van der Waals surface area contributed by atoms with Gasteiger partial charge in [-0.1, -0.05) is 31.5 Å². The lowest BCUT2D eigenvalue weighted by Gasteiger charge is -2.47. The molecule has 4 nitrogen and oxygen atoms in total. The van der Waals surface area contributed by atoms with Gasteiger partial charge >= 0.3 is 0 Å². The summed E-state index contributed by atoms with van der Waals surface area (Å²) >= 11 is 6.01. The van der Waals surface area contributed by atoms with Gasteiger partial charge in [-0.3, -0.25) is 9.59 Å². The molecule has 2 heterocycles. The first-order valence-corrected chi connectivity index (χ1v) is 9.18. The van der Waals surface area contributed by atoms with Crippen molar-refractivity contribution in [2.75, 3.05) is 19.6 Å². The van der Waals surface area contributed by atoms with Crippen LogP contribution in [-0.2, 0) is 4.79 Å². The zero-order valence-electron chi connectivity index (χ0n) is 14.4. The van der Waals surface area contributed by atoms with Gasteiger partial charge in [0, 0.05) is 42.7 Å². The fraction of sp³-hybridized carbons (Fsp3) is 0.579. The van der Waals surface area contributed by atoms with E-state index in [4.69, 9.17) is 11.6 Å². The highest BCUT2D eigenvalue weighted by atomic mass is 35.5. The lowest BCUT2D eigenvalue weighted by Crippen LogP contribution is -2.57. The molecule has 2 amide bonds. The fourth-order valence-corrected chi connectivity index (χ4v) is 4.16. The van der Waals surface area contributed by atoms with Crippen LogP contribution in [0.2, 0.25) is 5.02 Å². The second kappa shape index (κ2) is 7.14. The Hall–Kier alpha value is -1.55. The van der Waals surface area contributed by atoms with Crippen molar-refractivity contribution in [3.8, 4) is 0 Å². The Kier molecular flexibility index (Phi) is 5.14. The Labute approximate surface area is 148 Å². The number of hydrogen-bond donors (Lipinski definition) is 0. The number of carbonyl (C=O) groups is 2. The van der Waals surface area contributed by atoms with E-state index in [1.54, 1.807) is 12.1 Å². The highest BCUT2D eigenvalue weighted by Gasteiger charge is 2.40. The molecule has 0 aromatic heterocycles. The molecule has 2 aliphatic rings. The number of likely N-dealkylation sites (tertiary alicyclic amines) is 2. The van der Waals surface area contributed by atoms with Crippen molar-refractivity contribution in [2.45, 2.75) is 39.2 Å². The van der Waals surface area contributed by atoms with Gasteiger partial charge in [-0.25, -0.2) is 0 Å². The molecule has 1 aromatic rings. The Morgan fingerprint density at radius 3 is 2.83 bits per heavy atom. The molecule has 1 aromatic carbocycles. The molecule has 0 unspecified atom stereocenters. The van der Waals surface area contributed by atoms with Gasteiger partial charge in [0.25, 0.3) is 5.91 Å². The Bertz CT molecular complexity index is 632. The molecule has 0 spiro atoms. The van der Waals surface area contributed by atoms with Gasteiger partial charge < -0.3 is 9.80 Å². The standard InChI is InChI=1S/C19H25ClN2O2/c1-13(2)11-22-17-8-9-21(12-15(17)6-7-18(22)23)19(24)14-4-3-5-16(20)10-14/h3-5,10,13,15,17H,6-9,11-12H2,1-2H3/t15-,17+/m0/s1. The number of amides is 2. The van der Waals surface area contributed by atoms with E-state index in [1.807, 2.05) is 17.0 Å². The van der Waals surface area contributed by atoms with Crippen LogP contribution < -0.4 is 0 Å². The van der Waals surface area contributed by atoms with Crippen molar-refractivity contribution in [3.05, 3.63) is 34.9 Å². The molecule has 0 radical (unpaired) electrons. The average Bonchev–Trinajstić information content (AvgIpc) is 2.56. The largest absolute Gasteiger partial charge is 0.339 e. The van der Waals surface area contributed by atoms with Crippen molar-refractivity contribution >= 4 is 23.4 Å². The van der Waals surface area contributed by atoms with E-state index in [1.165, 1.54) is 0 Å². The molecule has 2 fully saturated rings. The molecule has 2 aliphatic heterocycles. The van der Waals surface area contributed by atoms with Crippen LogP contribution in [0.3, 0.4) is 0 Å². The Morgan fingerprint density at radius 2 is 2.12 bits per heavy atom. The molecule has 2 atom stereocenters. The minimum absolute atomic E-state index is 0.0447. The molecule has 130 valence electrons. The van der Waals surface area contributed by atoms with E-state index in [9.17, 15) is 9.59 Å². The van der Waals surface area contributed by atoms with Crippen LogP contribution >= 0.6 is 11.6 Å². The molecule has 2 saturated heterocycles. The second-order valence-electron chi connectivity index (χ2n) is 7.36. The van der Waals surface area contributed by atoms with Crippen molar-refractivity contribution in [1.82, 2.24) is 9.80 Å². The van der Waals surface area contributed by atoms with Crippen molar-refractivity contribution < 1.29 is 9.59 Å². The highest BCUT2D eigenvalue weighted by molar-refractivity contribution is 6.30. The van der Waals surface area contributed by atoms with E-state index in [0.29, 0.717) is 35.4 Å². The Morgan fingerprint density at radius 1 is 1.33 bits per heavy atom. The molecule has 5 heteroatoms. The summed E-state index contributed by atoms with van der Waals surface area (Å²) in [5.41, 5.74) is 0.645. The molecule has 24 heavy (non-hydrogen) atoms. The monoisotopic (exact) mass is 348 g/mol. The number of nitrogens with zero attached hydrogens (tertiary/aromatic N) is 2. The summed E-state index contributed by atoms with van der Waals surface area (Å²) in [7, 11) is 0. The van der Waals surface area contributed by atoms with Gasteiger partial charge in [0.2, 0.25) is 5.91 Å². The van der Waals surface area contributed by atoms with E-state index in [0.717, 1.165) is 25.9 Å². The third-order valence-electron chi connectivity index (χ3n) is 5.06. The zero-order valence-corrected chi connectivity index (χ0v) is 15.1. The van der Waals surface area contributed by atoms with Gasteiger partial charge in [0.1, 0.15) is 0 Å². The number of piperidine rings is 2. The predicted molar refractivity (Wildman–Crippen MR) is 95.0 cm³/mol. The first-order chi connectivity index (χ1) is 11.5. The minimum Gasteiger partial charge on any atom is -0.339 e. The minimum atomic E-state index is 0.0447. The molecule has 3 rings (SSSR count). The molecule has 0 N–H and O–H groups in total. The van der Waals surface area contributed by atoms with Crippen LogP contribution in [-0.4, -0.2) is 47.3 Å². The van der Waals surface area contributed by atoms with Crippen molar-refractivity contribution in [2.24, 2.45) is 11.8 Å². The fourth-order valence-electron chi connectivity index (χ4n) is 3.97. The molecular formula is C19H25ClN2O2. The van der Waals surface area contributed by atoms with Crippen LogP contribution in [0.25, 0.3) is 0 Å².